The molecule has 2 aliphatic carbocycles. The molecule has 0 aromatic rings. The minimum atomic E-state index is -0.828. The number of allylic oxidation sites excluding steroid dienone is 2. The van der Waals surface area contributed by atoms with E-state index in [9.17, 15) is 14.4 Å². The Labute approximate surface area is 142 Å². The number of ether oxygens (including phenoxy) is 2. The van der Waals surface area contributed by atoms with Gasteiger partial charge in [0.05, 0.1) is 17.3 Å². The molecule has 0 aromatic carbocycles. The first kappa shape index (κ1) is 17.2. The van der Waals surface area contributed by atoms with Crippen LogP contribution in [0.25, 0.3) is 0 Å². The molecule has 1 aliphatic heterocycles. The summed E-state index contributed by atoms with van der Waals surface area (Å²) < 4.78 is 11.4. The molecule has 0 bridgehead atoms. The number of hydrogen-bond donors (Lipinski definition) is 0. The summed E-state index contributed by atoms with van der Waals surface area (Å²) in [6, 6.07) is 0. The van der Waals surface area contributed by atoms with E-state index in [1.54, 1.807) is 19.9 Å². The number of ketones is 1. The molecule has 1 saturated heterocycles. The predicted octanol–water partition coefficient (Wildman–Crippen LogP) is 2.53. The number of esters is 2. The van der Waals surface area contributed by atoms with E-state index in [0.717, 1.165) is 0 Å². The van der Waals surface area contributed by atoms with E-state index < -0.39 is 11.5 Å². The van der Waals surface area contributed by atoms with Gasteiger partial charge in [0.2, 0.25) is 0 Å². The molecule has 0 aromatic heterocycles. The summed E-state index contributed by atoms with van der Waals surface area (Å²) in [5.41, 5.74) is -0.828. The molecule has 7 atom stereocenters. The summed E-state index contributed by atoms with van der Waals surface area (Å²) in [6.45, 7) is 9.31. The van der Waals surface area contributed by atoms with Gasteiger partial charge in [0, 0.05) is 5.92 Å². The van der Waals surface area contributed by atoms with Crippen LogP contribution in [0.1, 0.15) is 41.0 Å². The van der Waals surface area contributed by atoms with Crippen molar-refractivity contribution < 1.29 is 23.9 Å². The molecule has 24 heavy (non-hydrogen) atoms. The smallest absolute Gasteiger partial charge is 0.309 e. The third-order valence-corrected chi connectivity index (χ3v) is 6.20. The van der Waals surface area contributed by atoms with Gasteiger partial charge in [0.25, 0.3) is 0 Å². The van der Waals surface area contributed by atoms with Crippen LogP contribution in [0.3, 0.4) is 0 Å². The van der Waals surface area contributed by atoms with E-state index in [-0.39, 0.29) is 53.4 Å². The maximum absolute atomic E-state index is 12.8. The average Bonchev–Trinajstić information content (AvgIpc) is 2.92. The Hall–Kier alpha value is -1.65. The molecule has 1 saturated carbocycles. The Balaban J connectivity index is 2.07. The number of fused-ring (bicyclic) bond motifs is 2. The van der Waals surface area contributed by atoms with E-state index in [2.05, 4.69) is 6.92 Å². The lowest BCUT2D eigenvalue weighted by atomic mass is 9.66. The Morgan fingerprint density at radius 2 is 2.00 bits per heavy atom. The third-order valence-electron chi connectivity index (χ3n) is 6.20. The van der Waals surface area contributed by atoms with Gasteiger partial charge in [0.1, 0.15) is 12.2 Å². The Bertz CT molecular complexity index is 607. The standard InChI is InChI=1S/C19H26O5/c1-9(2)17(21)24-16-15-11(4)18(22)23-13(15)8-10(3)12-6-7-14(20)19(12,16)5/h6-7,9-13,15-16H,8H2,1-5H3/t10-,11?,12+,13-,15-,16-,19+/m1/s1. The topological polar surface area (TPSA) is 69.7 Å². The largest absolute Gasteiger partial charge is 0.462 e. The normalized spacial score (nSPS) is 44.1. The molecule has 3 rings (SSSR count). The maximum atomic E-state index is 12.8. The number of rotatable bonds is 2. The molecule has 0 spiro atoms. The lowest BCUT2D eigenvalue weighted by Gasteiger charge is -2.40. The van der Waals surface area contributed by atoms with Gasteiger partial charge < -0.3 is 9.47 Å². The van der Waals surface area contributed by atoms with Crippen molar-refractivity contribution in [3.63, 3.8) is 0 Å². The van der Waals surface area contributed by atoms with Crippen LogP contribution in [-0.4, -0.2) is 29.9 Å². The monoisotopic (exact) mass is 334 g/mol. The summed E-state index contributed by atoms with van der Waals surface area (Å²) in [5, 5.41) is 0. The fraction of sp³-hybridized carbons (Fsp3) is 0.737. The van der Waals surface area contributed by atoms with Crippen LogP contribution in [-0.2, 0) is 23.9 Å². The van der Waals surface area contributed by atoms with Crippen molar-refractivity contribution in [3.8, 4) is 0 Å². The minimum absolute atomic E-state index is 0.00790. The maximum Gasteiger partial charge on any atom is 0.309 e. The van der Waals surface area contributed by atoms with Gasteiger partial charge >= 0.3 is 11.9 Å². The molecule has 1 heterocycles. The number of carbonyl (C=O) groups excluding carboxylic acids is 3. The quantitative estimate of drug-likeness (QED) is 0.726. The summed E-state index contributed by atoms with van der Waals surface area (Å²) in [4.78, 5) is 37.2. The first-order chi connectivity index (χ1) is 11.2. The second kappa shape index (κ2) is 5.71. The van der Waals surface area contributed by atoms with Crippen molar-refractivity contribution in [1.29, 1.82) is 0 Å². The molecule has 5 heteroatoms. The first-order valence-electron chi connectivity index (χ1n) is 8.81. The summed E-state index contributed by atoms with van der Waals surface area (Å²) >= 11 is 0. The Morgan fingerprint density at radius 1 is 1.33 bits per heavy atom. The SMILES string of the molecule is CC(C)C(=O)O[C@@H]1[C@@H]2C(C)C(=O)O[C@@H]2C[C@@H](C)[C@@H]2C=CC(=O)[C@@]12C. The summed E-state index contributed by atoms with van der Waals surface area (Å²) in [6.07, 6.45) is 3.30. The van der Waals surface area contributed by atoms with Gasteiger partial charge in [0.15, 0.2) is 5.78 Å². The van der Waals surface area contributed by atoms with Crippen LogP contribution < -0.4 is 0 Å². The van der Waals surface area contributed by atoms with Gasteiger partial charge in [-0.1, -0.05) is 33.8 Å². The zero-order chi connectivity index (χ0) is 17.8. The molecule has 0 radical (unpaired) electrons. The number of carbonyl (C=O) groups is 3. The second-order valence-corrected chi connectivity index (χ2v) is 8.10. The molecule has 2 fully saturated rings. The highest BCUT2D eigenvalue weighted by atomic mass is 16.6. The van der Waals surface area contributed by atoms with Crippen molar-refractivity contribution in [2.24, 2.45) is 35.0 Å². The molecular weight excluding hydrogens is 308 g/mol. The van der Waals surface area contributed by atoms with Crippen molar-refractivity contribution in [2.75, 3.05) is 0 Å². The second-order valence-electron chi connectivity index (χ2n) is 8.10. The zero-order valence-electron chi connectivity index (χ0n) is 14.9. The fourth-order valence-corrected chi connectivity index (χ4v) is 4.70. The molecule has 3 aliphatic rings. The Morgan fingerprint density at radius 3 is 2.62 bits per heavy atom. The highest BCUT2D eigenvalue weighted by Gasteiger charge is 2.62. The molecule has 0 amide bonds. The van der Waals surface area contributed by atoms with E-state index in [1.165, 1.54) is 0 Å². The number of hydrogen-bond acceptors (Lipinski definition) is 5. The van der Waals surface area contributed by atoms with Crippen LogP contribution in [0.4, 0.5) is 0 Å². The van der Waals surface area contributed by atoms with E-state index in [1.807, 2.05) is 19.9 Å². The average molecular weight is 334 g/mol. The fourth-order valence-electron chi connectivity index (χ4n) is 4.70. The van der Waals surface area contributed by atoms with Gasteiger partial charge in [-0.25, -0.2) is 0 Å². The Kier molecular flexibility index (Phi) is 4.09. The van der Waals surface area contributed by atoms with Crippen molar-refractivity contribution in [3.05, 3.63) is 12.2 Å². The highest BCUT2D eigenvalue weighted by Crippen LogP contribution is 2.54. The summed E-state index contributed by atoms with van der Waals surface area (Å²) in [5.74, 6) is -1.39. The molecule has 1 unspecified atom stereocenters. The van der Waals surface area contributed by atoms with E-state index in [4.69, 9.17) is 9.47 Å². The lowest BCUT2D eigenvalue weighted by Crippen LogP contribution is -2.50. The van der Waals surface area contributed by atoms with Crippen LogP contribution >= 0.6 is 0 Å². The lowest BCUT2D eigenvalue weighted by molar-refractivity contribution is -0.170. The van der Waals surface area contributed by atoms with Gasteiger partial charge in [-0.15, -0.1) is 0 Å². The van der Waals surface area contributed by atoms with Crippen molar-refractivity contribution >= 4 is 17.7 Å². The van der Waals surface area contributed by atoms with Crippen LogP contribution in [0, 0.1) is 35.0 Å². The molecule has 132 valence electrons. The summed E-state index contributed by atoms with van der Waals surface area (Å²) in [7, 11) is 0. The van der Waals surface area contributed by atoms with Crippen molar-refractivity contribution in [2.45, 2.75) is 53.2 Å². The van der Waals surface area contributed by atoms with E-state index >= 15 is 0 Å². The van der Waals surface area contributed by atoms with Crippen LogP contribution in [0.15, 0.2) is 12.2 Å². The third kappa shape index (κ3) is 2.32. The molecule has 5 nitrogen and oxygen atoms in total. The van der Waals surface area contributed by atoms with E-state index in [0.29, 0.717) is 6.42 Å². The highest BCUT2D eigenvalue weighted by molar-refractivity contribution is 5.98. The van der Waals surface area contributed by atoms with Gasteiger partial charge in [-0.05, 0) is 31.3 Å². The van der Waals surface area contributed by atoms with Crippen LogP contribution in [0.2, 0.25) is 0 Å². The van der Waals surface area contributed by atoms with Gasteiger partial charge in [-0.2, -0.15) is 0 Å². The van der Waals surface area contributed by atoms with Gasteiger partial charge in [-0.3, -0.25) is 14.4 Å². The van der Waals surface area contributed by atoms with Crippen molar-refractivity contribution in [1.82, 2.24) is 0 Å². The molecular formula is C19H26O5. The molecule has 0 N–H and O–H groups in total. The predicted molar refractivity (Wildman–Crippen MR) is 86.8 cm³/mol. The first-order valence-corrected chi connectivity index (χ1v) is 8.81. The zero-order valence-corrected chi connectivity index (χ0v) is 14.9. The van der Waals surface area contributed by atoms with Crippen LogP contribution in [0.5, 0.6) is 0 Å². The minimum Gasteiger partial charge on any atom is -0.462 e.